The van der Waals surface area contributed by atoms with Crippen LogP contribution in [-0.2, 0) is 10.0 Å². The summed E-state index contributed by atoms with van der Waals surface area (Å²) < 4.78 is 28.6. The molecule has 0 unspecified atom stereocenters. The second-order valence-electron chi connectivity index (χ2n) is 9.05. The van der Waals surface area contributed by atoms with E-state index in [4.69, 9.17) is 11.6 Å². The number of hydrogen-bond donors (Lipinski definition) is 6. The fourth-order valence-electron chi connectivity index (χ4n) is 5.25. The summed E-state index contributed by atoms with van der Waals surface area (Å²) in [4.78, 5) is 15.6. The molecule has 2 aliphatic carbocycles. The van der Waals surface area contributed by atoms with Gasteiger partial charge in [-0.25, -0.2) is 13.2 Å². The summed E-state index contributed by atoms with van der Waals surface area (Å²) in [5.41, 5.74) is -0.185. The first kappa shape index (κ1) is 23.0. The maximum absolute atomic E-state index is 13.0. The van der Waals surface area contributed by atoms with Crippen LogP contribution in [0.25, 0.3) is 10.9 Å². The van der Waals surface area contributed by atoms with Crippen molar-refractivity contribution in [2.24, 2.45) is 5.41 Å². The van der Waals surface area contributed by atoms with Crippen LogP contribution in [0.3, 0.4) is 0 Å². The molecular weight excluding hydrogens is 480 g/mol. The molecule has 0 aliphatic heterocycles. The van der Waals surface area contributed by atoms with Gasteiger partial charge in [-0.2, -0.15) is 0 Å². The molecule has 2 aromatic carbocycles. The number of carbonyl (C=O) groups is 1. The molecule has 1 heterocycles. The Balaban J connectivity index is 1.32. The minimum atomic E-state index is -3.97. The van der Waals surface area contributed by atoms with Crippen molar-refractivity contribution in [3.05, 3.63) is 53.7 Å². The molecule has 2 atom stereocenters. The van der Waals surface area contributed by atoms with E-state index in [9.17, 15) is 23.4 Å². The van der Waals surface area contributed by atoms with Crippen molar-refractivity contribution in [1.29, 1.82) is 0 Å². The molecule has 34 heavy (non-hydrogen) atoms. The number of benzene rings is 2. The monoisotopic (exact) mass is 504 g/mol. The molecule has 3 aromatic rings. The number of aliphatic hydroxyl groups is 2. The number of rotatable bonds is 6. The normalized spacial score (nSPS) is 23.2. The molecule has 6 N–H and O–H groups in total. The van der Waals surface area contributed by atoms with Gasteiger partial charge in [-0.15, -0.1) is 0 Å². The van der Waals surface area contributed by atoms with Gasteiger partial charge in [-0.3, -0.25) is 4.72 Å². The lowest BCUT2D eigenvalue weighted by atomic mass is 9.44. The molecule has 1 spiro atoms. The molecule has 2 fully saturated rings. The summed E-state index contributed by atoms with van der Waals surface area (Å²) in [6, 6.07) is 10.4. The van der Waals surface area contributed by atoms with Crippen LogP contribution in [-0.4, -0.2) is 47.9 Å². The largest absolute Gasteiger partial charge is 0.394 e. The van der Waals surface area contributed by atoms with Crippen molar-refractivity contribution in [3.63, 3.8) is 0 Å². The predicted octanol–water partition coefficient (Wildman–Crippen LogP) is 3.41. The minimum Gasteiger partial charge on any atom is -0.394 e. The highest BCUT2D eigenvalue weighted by Crippen LogP contribution is 2.61. The first-order chi connectivity index (χ1) is 16.2. The van der Waals surface area contributed by atoms with Crippen LogP contribution in [0, 0.1) is 5.41 Å². The highest BCUT2D eigenvalue weighted by atomic mass is 35.5. The zero-order valence-corrected chi connectivity index (χ0v) is 19.7. The molecule has 0 radical (unpaired) electrons. The van der Waals surface area contributed by atoms with Gasteiger partial charge < -0.3 is 25.8 Å². The second-order valence-corrected chi connectivity index (χ2v) is 11.1. The van der Waals surface area contributed by atoms with E-state index < -0.39 is 33.1 Å². The lowest BCUT2D eigenvalue weighted by Crippen LogP contribution is -2.78. The van der Waals surface area contributed by atoms with E-state index in [0.29, 0.717) is 21.6 Å². The summed E-state index contributed by atoms with van der Waals surface area (Å²) in [5, 5.41) is 26.9. The molecular formula is C23H25ClN4O5S. The lowest BCUT2D eigenvalue weighted by Gasteiger charge is -2.66. The molecule has 5 rings (SSSR count). The maximum Gasteiger partial charge on any atom is 0.319 e. The smallest absolute Gasteiger partial charge is 0.319 e. The van der Waals surface area contributed by atoms with Crippen LogP contribution in [0.5, 0.6) is 0 Å². The first-order valence-corrected chi connectivity index (χ1v) is 12.8. The van der Waals surface area contributed by atoms with Crippen LogP contribution in [0.2, 0.25) is 5.02 Å². The van der Waals surface area contributed by atoms with Gasteiger partial charge in [0, 0.05) is 22.7 Å². The Kier molecular flexibility index (Phi) is 5.51. The Hall–Kier alpha value is -2.79. The lowest BCUT2D eigenvalue weighted by molar-refractivity contribution is -0.206. The number of anilines is 2. The third-order valence-corrected chi connectivity index (χ3v) is 8.99. The minimum absolute atomic E-state index is 0.0358. The van der Waals surface area contributed by atoms with Crippen molar-refractivity contribution < 1.29 is 23.4 Å². The average molecular weight is 505 g/mol. The van der Waals surface area contributed by atoms with E-state index in [2.05, 4.69) is 20.3 Å². The molecule has 0 bridgehead atoms. The van der Waals surface area contributed by atoms with Crippen molar-refractivity contribution in [2.75, 3.05) is 16.6 Å². The fourth-order valence-corrected chi connectivity index (χ4v) is 6.58. The number of sulfonamides is 1. The fraction of sp³-hybridized carbons (Fsp3) is 0.348. The van der Waals surface area contributed by atoms with Gasteiger partial charge in [-0.05, 0) is 43.5 Å². The number of para-hydroxylation sites is 1. The number of aromatic amines is 1. The molecule has 2 aliphatic rings. The molecule has 0 saturated heterocycles. The number of aliphatic hydroxyl groups excluding tert-OH is 2. The standard InChI is InChI=1S/C23H25ClN4O5S/c24-17-12-25-20-16(17)6-2-7-18(20)28-34(32,33)15-5-1-4-14(10-15)26-21(31)27-23(13-29)11-19(30)22(23)8-3-9-22/h1-2,4-7,10,12,19,25,28-30H,3,8-9,11,13H2,(H2,26,27,31)/t19-,23-/m1/s1. The molecule has 2 amide bonds. The van der Waals surface area contributed by atoms with E-state index >= 15 is 0 Å². The summed E-state index contributed by atoms with van der Waals surface area (Å²) in [6.07, 6.45) is 3.75. The van der Waals surface area contributed by atoms with Crippen LogP contribution >= 0.6 is 11.6 Å². The van der Waals surface area contributed by atoms with Gasteiger partial charge in [0.1, 0.15) is 0 Å². The molecule has 2 saturated carbocycles. The number of aromatic nitrogens is 1. The summed E-state index contributed by atoms with van der Waals surface area (Å²) in [7, 11) is -3.97. The summed E-state index contributed by atoms with van der Waals surface area (Å²) in [6.45, 7) is -0.274. The quantitative estimate of drug-likeness (QED) is 0.305. The number of carbonyl (C=O) groups excluding carboxylic acids is 1. The van der Waals surface area contributed by atoms with Crippen molar-refractivity contribution in [2.45, 2.75) is 42.2 Å². The van der Waals surface area contributed by atoms with Gasteiger partial charge in [-0.1, -0.05) is 36.2 Å². The topological polar surface area (TPSA) is 144 Å². The van der Waals surface area contributed by atoms with E-state index in [1.54, 1.807) is 30.5 Å². The van der Waals surface area contributed by atoms with Crippen LogP contribution < -0.4 is 15.4 Å². The van der Waals surface area contributed by atoms with Gasteiger partial charge in [0.15, 0.2) is 0 Å². The average Bonchev–Trinajstić information content (AvgIpc) is 3.13. The third-order valence-electron chi connectivity index (χ3n) is 7.31. The van der Waals surface area contributed by atoms with E-state index in [-0.39, 0.29) is 23.6 Å². The van der Waals surface area contributed by atoms with Crippen LogP contribution in [0.15, 0.2) is 53.6 Å². The van der Waals surface area contributed by atoms with Gasteiger partial charge >= 0.3 is 6.03 Å². The van der Waals surface area contributed by atoms with Crippen LogP contribution in [0.4, 0.5) is 16.2 Å². The Morgan fingerprint density at radius 2 is 1.97 bits per heavy atom. The molecule has 180 valence electrons. The Morgan fingerprint density at radius 1 is 1.21 bits per heavy atom. The Morgan fingerprint density at radius 3 is 2.65 bits per heavy atom. The Labute approximate surface area is 201 Å². The maximum atomic E-state index is 13.0. The zero-order valence-electron chi connectivity index (χ0n) is 18.1. The first-order valence-electron chi connectivity index (χ1n) is 11.0. The van der Waals surface area contributed by atoms with Gasteiger partial charge in [0.05, 0.1) is 39.4 Å². The predicted molar refractivity (Wildman–Crippen MR) is 129 cm³/mol. The number of nitrogens with one attached hydrogen (secondary N) is 4. The second kappa shape index (κ2) is 8.16. The molecule has 9 nitrogen and oxygen atoms in total. The highest BCUT2D eigenvalue weighted by molar-refractivity contribution is 7.92. The van der Waals surface area contributed by atoms with Gasteiger partial charge in [0.2, 0.25) is 0 Å². The molecule has 11 heteroatoms. The van der Waals surface area contributed by atoms with Gasteiger partial charge in [0.25, 0.3) is 10.0 Å². The Bertz CT molecular complexity index is 1370. The van der Waals surface area contributed by atoms with E-state index in [1.807, 2.05) is 0 Å². The summed E-state index contributed by atoms with van der Waals surface area (Å²) in [5.74, 6) is 0. The van der Waals surface area contributed by atoms with Crippen molar-refractivity contribution in [3.8, 4) is 0 Å². The number of urea groups is 1. The highest BCUT2D eigenvalue weighted by Gasteiger charge is 2.67. The SMILES string of the molecule is O=C(Nc1cccc(S(=O)(=O)Nc2cccc3c(Cl)c[nH]c23)c1)N[C@@]1(CO)C[C@@H](O)C12CCC2. The number of hydrogen-bond acceptors (Lipinski definition) is 5. The van der Waals surface area contributed by atoms with Crippen molar-refractivity contribution >= 4 is 49.9 Å². The number of H-pyrrole nitrogens is 1. The number of amides is 2. The third kappa shape index (κ3) is 3.52. The van der Waals surface area contributed by atoms with E-state index in [1.165, 1.54) is 18.2 Å². The number of halogens is 1. The summed E-state index contributed by atoms with van der Waals surface area (Å²) >= 11 is 6.13. The number of fused-ring (bicyclic) bond motifs is 1. The molecule has 1 aromatic heterocycles. The van der Waals surface area contributed by atoms with Crippen molar-refractivity contribution in [1.82, 2.24) is 10.3 Å². The zero-order chi connectivity index (χ0) is 24.1. The van der Waals surface area contributed by atoms with E-state index in [0.717, 1.165) is 19.3 Å². The van der Waals surface area contributed by atoms with Crippen LogP contribution in [0.1, 0.15) is 25.7 Å².